The normalized spacial score (nSPS) is 11.9. The molecule has 0 spiro atoms. The predicted octanol–water partition coefficient (Wildman–Crippen LogP) is 12.5. The Labute approximate surface area is 268 Å². The second-order valence-corrected chi connectivity index (χ2v) is 12.8. The van der Waals surface area contributed by atoms with Crippen LogP contribution >= 0.6 is 11.3 Å². The highest BCUT2D eigenvalue weighted by molar-refractivity contribution is 7.25. The van der Waals surface area contributed by atoms with E-state index in [1.165, 1.54) is 42.0 Å². The van der Waals surface area contributed by atoms with Crippen molar-refractivity contribution >= 4 is 92.3 Å². The van der Waals surface area contributed by atoms with Gasteiger partial charge in [0, 0.05) is 58.8 Å². The van der Waals surface area contributed by atoms with E-state index in [4.69, 9.17) is 4.42 Å². The first kappa shape index (κ1) is 25.5. The molecule has 0 saturated heterocycles. The van der Waals surface area contributed by atoms with Gasteiger partial charge in [-0.15, -0.1) is 11.3 Å². The Balaban J connectivity index is 1.33. The maximum atomic E-state index is 6.75. The van der Waals surface area contributed by atoms with Gasteiger partial charge >= 0.3 is 0 Å². The lowest BCUT2D eigenvalue weighted by atomic mass is 10.1. The molecule has 0 saturated carbocycles. The van der Waals surface area contributed by atoms with Crippen molar-refractivity contribution in [1.29, 1.82) is 0 Å². The summed E-state index contributed by atoms with van der Waals surface area (Å²) in [5.74, 6) is 0. The standard InChI is InChI=1S/C42H26N2OS/c1-2-12-27(13-3-1)43(28-22-23-41-34(24-28)33-17-7-11-21-40(33)46-41)38-26-29(25-35-32-16-6-10-20-39(32)45-42(35)38)44-36-18-8-4-14-30(36)31-15-5-9-19-37(31)44/h1-26H. The van der Waals surface area contributed by atoms with Crippen LogP contribution in [-0.4, -0.2) is 4.57 Å². The summed E-state index contributed by atoms with van der Waals surface area (Å²) in [6.45, 7) is 0. The van der Waals surface area contributed by atoms with Crippen molar-refractivity contribution in [2.24, 2.45) is 0 Å². The first-order valence-electron chi connectivity index (χ1n) is 15.5. The zero-order valence-electron chi connectivity index (χ0n) is 24.7. The summed E-state index contributed by atoms with van der Waals surface area (Å²) in [6.07, 6.45) is 0. The number of aromatic nitrogens is 1. The van der Waals surface area contributed by atoms with Crippen LogP contribution in [0.15, 0.2) is 162 Å². The van der Waals surface area contributed by atoms with Crippen LogP contribution in [0.5, 0.6) is 0 Å². The lowest BCUT2D eigenvalue weighted by Crippen LogP contribution is -2.11. The van der Waals surface area contributed by atoms with Gasteiger partial charge < -0.3 is 13.9 Å². The number of benzene rings is 7. The van der Waals surface area contributed by atoms with E-state index in [-0.39, 0.29) is 0 Å². The molecule has 0 aliphatic heterocycles. The summed E-state index contributed by atoms with van der Waals surface area (Å²) in [6, 6.07) is 56.5. The molecule has 3 heterocycles. The molecule has 7 aromatic carbocycles. The van der Waals surface area contributed by atoms with Crippen molar-refractivity contribution in [3.63, 3.8) is 0 Å². The summed E-state index contributed by atoms with van der Waals surface area (Å²) in [4.78, 5) is 2.36. The minimum absolute atomic E-state index is 0.866. The molecule has 0 aliphatic carbocycles. The number of hydrogen-bond acceptors (Lipinski definition) is 3. The molecular formula is C42H26N2OS. The zero-order valence-corrected chi connectivity index (χ0v) is 25.5. The van der Waals surface area contributed by atoms with Gasteiger partial charge in [-0.2, -0.15) is 0 Å². The van der Waals surface area contributed by atoms with E-state index >= 15 is 0 Å². The quantitative estimate of drug-likeness (QED) is 0.199. The van der Waals surface area contributed by atoms with E-state index in [0.717, 1.165) is 44.7 Å². The van der Waals surface area contributed by atoms with Crippen molar-refractivity contribution in [2.45, 2.75) is 0 Å². The number of furan rings is 1. The van der Waals surface area contributed by atoms with Gasteiger partial charge in [0.2, 0.25) is 0 Å². The number of rotatable bonds is 4. The molecule has 0 fully saturated rings. The average molecular weight is 607 g/mol. The third kappa shape index (κ3) is 3.71. The molecule has 10 rings (SSSR count). The molecule has 0 N–H and O–H groups in total. The van der Waals surface area contributed by atoms with Gasteiger partial charge in [-0.25, -0.2) is 0 Å². The fourth-order valence-electron chi connectivity index (χ4n) is 7.15. The van der Waals surface area contributed by atoms with Crippen LogP contribution in [0.25, 0.3) is 69.6 Å². The monoisotopic (exact) mass is 606 g/mol. The van der Waals surface area contributed by atoms with Crippen LogP contribution in [0.1, 0.15) is 0 Å². The molecule has 0 radical (unpaired) electrons. The summed E-state index contributed by atoms with van der Waals surface area (Å²) in [7, 11) is 0. The molecular weight excluding hydrogens is 581 g/mol. The molecule has 0 bridgehead atoms. The minimum atomic E-state index is 0.866. The van der Waals surface area contributed by atoms with E-state index in [9.17, 15) is 0 Å². The molecule has 10 aromatic rings. The van der Waals surface area contributed by atoms with Gasteiger partial charge in [0.15, 0.2) is 5.58 Å². The SMILES string of the molecule is c1ccc(N(c2ccc3sc4ccccc4c3c2)c2cc(-n3c4ccccc4c4ccccc43)cc3c2oc2ccccc23)cc1. The van der Waals surface area contributed by atoms with Gasteiger partial charge in [-0.3, -0.25) is 0 Å². The number of anilines is 3. The van der Waals surface area contributed by atoms with Gasteiger partial charge in [-0.05, 0) is 66.7 Å². The largest absolute Gasteiger partial charge is 0.454 e. The van der Waals surface area contributed by atoms with E-state index in [1.807, 2.05) is 17.4 Å². The fourth-order valence-corrected chi connectivity index (χ4v) is 8.23. The fraction of sp³-hybridized carbons (Fsp3) is 0. The van der Waals surface area contributed by atoms with E-state index in [0.29, 0.717) is 0 Å². The number of para-hydroxylation sites is 4. The first-order chi connectivity index (χ1) is 22.8. The Morgan fingerprint density at radius 3 is 1.87 bits per heavy atom. The molecule has 3 nitrogen and oxygen atoms in total. The summed E-state index contributed by atoms with van der Waals surface area (Å²) in [5, 5.41) is 7.23. The van der Waals surface area contributed by atoms with Crippen LogP contribution in [0.4, 0.5) is 17.1 Å². The molecule has 0 amide bonds. The number of nitrogens with zero attached hydrogens (tertiary/aromatic N) is 2. The van der Waals surface area contributed by atoms with Crippen molar-refractivity contribution in [2.75, 3.05) is 4.90 Å². The van der Waals surface area contributed by atoms with Crippen molar-refractivity contribution in [3.05, 3.63) is 158 Å². The van der Waals surface area contributed by atoms with Gasteiger partial charge in [-0.1, -0.05) is 91.0 Å². The lowest BCUT2D eigenvalue weighted by molar-refractivity contribution is 0.669. The number of fused-ring (bicyclic) bond motifs is 9. The highest BCUT2D eigenvalue weighted by Gasteiger charge is 2.23. The predicted molar refractivity (Wildman–Crippen MR) is 196 cm³/mol. The summed E-state index contributed by atoms with van der Waals surface area (Å²) in [5.41, 5.74) is 8.35. The Kier molecular flexibility index (Phi) is 5.45. The van der Waals surface area contributed by atoms with Gasteiger partial charge in [0.1, 0.15) is 5.58 Å². The molecule has 0 aliphatic rings. The summed E-state index contributed by atoms with van der Waals surface area (Å²) < 4.78 is 11.7. The van der Waals surface area contributed by atoms with E-state index in [2.05, 4.69) is 161 Å². The van der Waals surface area contributed by atoms with Crippen LogP contribution in [0.2, 0.25) is 0 Å². The zero-order chi connectivity index (χ0) is 30.2. The number of hydrogen-bond donors (Lipinski definition) is 0. The maximum absolute atomic E-state index is 6.75. The first-order valence-corrected chi connectivity index (χ1v) is 16.3. The highest BCUT2D eigenvalue weighted by Crippen LogP contribution is 2.46. The second-order valence-electron chi connectivity index (χ2n) is 11.8. The molecule has 0 unspecified atom stereocenters. The lowest BCUT2D eigenvalue weighted by Gasteiger charge is -2.26. The molecule has 4 heteroatoms. The average Bonchev–Trinajstić information content (AvgIpc) is 3.78. The van der Waals surface area contributed by atoms with E-state index in [1.54, 1.807) is 0 Å². The van der Waals surface area contributed by atoms with Crippen molar-refractivity contribution < 1.29 is 4.42 Å². The minimum Gasteiger partial charge on any atom is -0.454 e. The van der Waals surface area contributed by atoms with Crippen molar-refractivity contribution in [3.8, 4) is 5.69 Å². The smallest absolute Gasteiger partial charge is 0.159 e. The van der Waals surface area contributed by atoms with Crippen LogP contribution in [-0.2, 0) is 0 Å². The van der Waals surface area contributed by atoms with Gasteiger partial charge in [0.25, 0.3) is 0 Å². The second kappa shape index (κ2) is 9.83. The Morgan fingerprint density at radius 2 is 1.09 bits per heavy atom. The van der Waals surface area contributed by atoms with E-state index < -0.39 is 0 Å². The summed E-state index contributed by atoms with van der Waals surface area (Å²) >= 11 is 1.84. The van der Waals surface area contributed by atoms with Crippen LogP contribution in [0.3, 0.4) is 0 Å². The van der Waals surface area contributed by atoms with Gasteiger partial charge in [0.05, 0.1) is 16.7 Å². The topological polar surface area (TPSA) is 21.3 Å². The van der Waals surface area contributed by atoms with Crippen LogP contribution in [0, 0.1) is 0 Å². The molecule has 46 heavy (non-hydrogen) atoms. The van der Waals surface area contributed by atoms with Crippen LogP contribution < -0.4 is 4.90 Å². The molecule has 0 atom stereocenters. The third-order valence-electron chi connectivity index (χ3n) is 9.16. The molecule has 3 aromatic heterocycles. The van der Waals surface area contributed by atoms with Crippen molar-refractivity contribution in [1.82, 2.24) is 4.57 Å². The third-order valence-corrected chi connectivity index (χ3v) is 10.3. The number of thiophene rings is 1. The Hall–Kier alpha value is -5.84. The maximum Gasteiger partial charge on any atom is 0.159 e. The Morgan fingerprint density at radius 1 is 0.457 bits per heavy atom. The highest BCUT2D eigenvalue weighted by atomic mass is 32.1. The molecule has 216 valence electrons. The Bertz CT molecular complexity index is 2710.